The predicted molar refractivity (Wildman–Crippen MR) is 82.1 cm³/mol. The van der Waals surface area contributed by atoms with E-state index in [2.05, 4.69) is 5.32 Å². The lowest BCUT2D eigenvalue weighted by Crippen LogP contribution is -2.15. The highest BCUT2D eigenvalue weighted by molar-refractivity contribution is 6.34. The molecule has 2 aromatic carbocycles. The van der Waals surface area contributed by atoms with Gasteiger partial charge in [0.2, 0.25) is 5.91 Å². The molecule has 0 aliphatic heterocycles. The minimum atomic E-state index is -0.257. The van der Waals surface area contributed by atoms with Crippen molar-refractivity contribution in [3.05, 3.63) is 64.4 Å². The second-order valence-electron chi connectivity index (χ2n) is 5.42. The minimum Gasteiger partial charge on any atom is -0.324 e. The van der Waals surface area contributed by atoms with Gasteiger partial charge in [-0.25, -0.2) is 4.39 Å². The molecule has 1 aliphatic rings. The molecular weight excluding hydrogens is 289 g/mol. The average Bonchev–Trinajstić information content (AvgIpc) is 3.24. The number of aryl methyl sites for hydroxylation is 1. The molecule has 0 aromatic heterocycles. The van der Waals surface area contributed by atoms with E-state index in [-0.39, 0.29) is 23.6 Å². The maximum Gasteiger partial charge on any atom is 0.228 e. The predicted octanol–water partition coefficient (Wildman–Crippen LogP) is 4.53. The molecule has 1 aliphatic carbocycles. The summed E-state index contributed by atoms with van der Waals surface area (Å²) in [5, 5.41) is 3.45. The molecule has 0 heterocycles. The van der Waals surface area contributed by atoms with Gasteiger partial charge in [0.25, 0.3) is 0 Å². The maximum absolute atomic E-state index is 12.9. The van der Waals surface area contributed by atoms with Gasteiger partial charge in [-0.1, -0.05) is 35.9 Å². The van der Waals surface area contributed by atoms with E-state index in [9.17, 15) is 9.18 Å². The largest absolute Gasteiger partial charge is 0.324 e. The number of rotatable bonds is 3. The molecule has 0 unspecified atom stereocenters. The minimum absolute atomic E-state index is 0.0273. The van der Waals surface area contributed by atoms with Crippen LogP contribution in [0.5, 0.6) is 0 Å². The molecule has 1 fully saturated rings. The molecule has 1 saturated carbocycles. The van der Waals surface area contributed by atoms with Crippen LogP contribution in [0.2, 0.25) is 5.02 Å². The third-order valence-electron chi connectivity index (χ3n) is 3.90. The Morgan fingerprint density at radius 3 is 2.62 bits per heavy atom. The molecule has 0 bridgehead atoms. The Morgan fingerprint density at radius 2 is 1.95 bits per heavy atom. The van der Waals surface area contributed by atoms with Crippen molar-refractivity contribution >= 4 is 23.2 Å². The number of amides is 1. The Kier molecular flexibility index (Phi) is 3.68. The van der Waals surface area contributed by atoms with Crippen LogP contribution in [0.3, 0.4) is 0 Å². The van der Waals surface area contributed by atoms with Crippen LogP contribution in [0, 0.1) is 18.7 Å². The molecule has 108 valence electrons. The number of carbonyl (C=O) groups is 1. The fourth-order valence-corrected chi connectivity index (χ4v) is 2.84. The first kappa shape index (κ1) is 14.1. The van der Waals surface area contributed by atoms with Crippen molar-refractivity contribution in [2.75, 3.05) is 5.32 Å². The van der Waals surface area contributed by atoms with Gasteiger partial charge in [-0.2, -0.15) is 0 Å². The summed E-state index contributed by atoms with van der Waals surface area (Å²) in [6.45, 7) is 1.91. The van der Waals surface area contributed by atoms with E-state index in [0.717, 1.165) is 17.5 Å². The Bertz CT molecular complexity index is 663. The number of hydrogen-bond donors (Lipinski definition) is 1. The first-order valence-electron chi connectivity index (χ1n) is 6.87. The van der Waals surface area contributed by atoms with Crippen LogP contribution >= 0.6 is 11.6 Å². The smallest absolute Gasteiger partial charge is 0.228 e. The van der Waals surface area contributed by atoms with Crippen molar-refractivity contribution < 1.29 is 9.18 Å². The van der Waals surface area contributed by atoms with Crippen molar-refractivity contribution in [1.82, 2.24) is 0 Å². The fraction of sp³-hybridized carbons (Fsp3) is 0.235. The van der Waals surface area contributed by atoms with Crippen LogP contribution in [0.25, 0.3) is 0 Å². The summed E-state index contributed by atoms with van der Waals surface area (Å²) in [4.78, 5) is 12.3. The Balaban J connectivity index is 1.69. The highest BCUT2D eigenvalue weighted by Crippen LogP contribution is 2.48. The Hall–Kier alpha value is -1.87. The molecule has 0 saturated heterocycles. The molecule has 1 N–H and O–H groups in total. The van der Waals surface area contributed by atoms with Crippen molar-refractivity contribution in [2.45, 2.75) is 19.3 Å². The summed E-state index contributed by atoms with van der Waals surface area (Å²) in [5.74, 6) is -0.174. The maximum atomic E-state index is 12.9. The van der Waals surface area contributed by atoms with E-state index in [1.807, 2.05) is 19.1 Å². The molecular formula is C17H15ClFNO. The van der Waals surface area contributed by atoms with E-state index in [1.165, 1.54) is 12.1 Å². The van der Waals surface area contributed by atoms with Crippen molar-refractivity contribution in [2.24, 2.45) is 5.92 Å². The molecule has 0 radical (unpaired) electrons. The molecule has 2 aromatic rings. The molecule has 2 nitrogen and oxygen atoms in total. The standard InChI is InChI=1S/C17H15ClFNO/c1-10-3-2-4-15(18)16(10)20-17(21)14-9-13(14)11-5-7-12(19)8-6-11/h2-8,13-14H,9H2,1H3,(H,20,21)/t13-,14-/m1/s1. The van der Waals surface area contributed by atoms with Gasteiger partial charge >= 0.3 is 0 Å². The summed E-state index contributed by atoms with van der Waals surface area (Å²) < 4.78 is 12.9. The van der Waals surface area contributed by atoms with Crippen LogP contribution in [0.15, 0.2) is 42.5 Å². The topological polar surface area (TPSA) is 29.1 Å². The van der Waals surface area contributed by atoms with Crippen LogP contribution < -0.4 is 5.32 Å². The van der Waals surface area contributed by atoms with Gasteiger partial charge in [0.05, 0.1) is 10.7 Å². The number of carbonyl (C=O) groups excluding carboxylic acids is 1. The normalized spacial score (nSPS) is 20.1. The summed E-state index contributed by atoms with van der Waals surface area (Å²) in [5.41, 5.74) is 2.62. The van der Waals surface area contributed by atoms with Gasteiger partial charge in [-0.15, -0.1) is 0 Å². The summed E-state index contributed by atoms with van der Waals surface area (Å²) in [6, 6.07) is 11.9. The number of anilines is 1. The van der Waals surface area contributed by atoms with Crippen LogP contribution in [0.4, 0.5) is 10.1 Å². The van der Waals surface area contributed by atoms with Crippen LogP contribution in [-0.2, 0) is 4.79 Å². The van der Waals surface area contributed by atoms with E-state index in [0.29, 0.717) is 10.7 Å². The molecule has 3 rings (SSSR count). The number of para-hydroxylation sites is 1. The molecule has 21 heavy (non-hydrogen) atoms. The monoisotopic (exact) mass is 303 g/mol. The molecule has 0 spiro atoms. The SMILES string of the molecule is Cc1cccc(Cl)c1NC(=O)[C@@H]1C[C@@H]1c1ccc(F)cc1. The van der Waals surface area contributed by atoms with E-state index >= 15 is 0 Å². The zero-order chi connectivity index (χ0) is 15.0. The third kappa shape index (κ3) is 2.93. The first-order valence-corrected chi connectivity index (χ1v) is 7.25. The Morgan fingerprint density at radius 1 is 1.24 bits per heavy atom. The van der Waals surface area contributed by atoms with Crippen molar-refractivity contribution in [3.8, 4) is 0 Å². The highest BCUT2D eigenvalue weighted by atomic mass is 35.5. The first-order chi connectivity index (χ1) is 10.1. The zero-order valence-corrected chi connectivity index (χ0v) is 12.3. The van der Waals surface area contributed by atoms with Gasteiger partial charge in [0, 0.05) is 5.92 Å². The van der Waals surface area contributed by atoms with Gasteiger partial charge < -0.3 is 5.32 Å². The average molecular weight is 304 g/mol. The van der Waals surface area contributed by atoms with E-state index in [1.54, 1.807) is 18.2 Å². The molecule has 4 heteroatoms. The summed E-state index contributed by atoms with van der Waals surface area (Å²) in [6.07, 6.45) is 0.793. The van der Waals surface area contributed by atoms with Crippen LogP contribution in [0.1, 0.15) is 23.5 Å². The second kappa shape index (κ2) is 5.49. The molecule has 2 atom stereocenters. The number of hydrogen-bond acceptors (Lipinski definition) is 1. The van der Waals surface area contributed by atoms with Crippen molar-refractivity contribution in [1.29, 1.82) is 0 Å². The van der Waals surface area contributed by atoms with Gasteiger partial charge in [-0.05, 0) is 48.6 Å². The number of halogens is 2. The summed E-state index contributed by atoms with van der Waals surface area (Å²) >= 11 is 6.11. The summed E-state index contributed by atoms with van der Waals surface area (Å²) in [7, 11) is 0. The third-order valence-corrected chi connectivity index (χ3v) is 4.21. The van der Waals surface area contributed by atoms with E-state index in [4.69, 9.17) is 11.6 Å². The number of nitrogens with one attached hydrogen (secondary N) is 1. The Labute approximate surface area is 127 Å². The lowest BCUT2D eigenvalue weighted by molar-refractivity contribution is -0.117. The van der Waals surface area contributed by atoms with E-state index < -0.39 is 0 Å². The van der Waals surface area contributed by atoms with Gasteiger partial charge in [0.15, 0.2) is 0 Å². The van der Waals surface area contributed by atoms with Gasteiger partial charge in [0.1, 0.15) is 5.82 Å². The number of benzene rings is 2. The van der Waals surface area contributed by atoms with Crippen LogP contribution in [-0.4, -0.2) is 5.91 Å². The van der Waals surface area contributed by atoms with Gasteiger partial charge in [-0.3, -0.25) is 4.79 Å². The zero-order valence-electron chi connectivity index (χ0n) is 11.6. The second-order valence-corrected chi connectivity index (χ2v) is 5.83. The highest BCUT2D eigenvalue weighted by Gasteiger charge is 2.44. The molecule has 1 amide bonds. The quantitative estimate of drug-likeness (QED) is 0.887. The lowest BCUT2D eigenvalue weighted by Gasteiger charge is -2.10. The lowest BCUT2D eigenvalue weighted by atomic mass is 10.1. The van der Waals surface area contributed by atoms with Crippen molar-refractivity contribution in [3.63, 3.8) is 0 Å². The fourth-order valence-electron chi connectivity index (χ4n) is 2.57.